The van der Waals surface area contributed by atoms with Gasteiger partial charge in [0.25, 0.3) is 5.92 Å². The molecule has 2 aliphatic heterocycles. The monoisotopic (exact) mass is 453 g/mol. The molecule has 0 spiro atoms. The first kappa shape index (κ1) is 24.2. The average Bonchev–Trinajstić information content (AvgIpc) is 2.73. The van der Waals surface area contributed by atoms with E-state index < -0.39 is 30.1 Å². The van der Waals surface area contributed by atoms with Crippen LogP contribution in [0.15, 0.2) is 30.3 Å². The van der Waals surface area contributed by atoms with E-state index in [1.165, 1.54) is 0 Å². The number of hydrogen-bond donors (Lipinski definition) is 0. The maximum absolute atomic E-state index is 14.8. The summed E-state index contributed by atoms with van der Waals surface area (Å²) >= 11 is 0. The summed E-state index contributed by atoms with van der Waals surface area (Å²) in [5.74, 6) is -3.82. The Balaban J connectivity index is 1.42. The van der Waals surface area contributed by atoms with Crippen LogP contribution < -0.4 is 0 Å². The number of piperidine rings is 1. The van der Waals surface area contributed by atoms with Gasteiger partial charge in [-0.25, -0.2) is 18.4 Å². The van der Waals surface area contributed by atoms with Gasteiger partial charge in [0, 0.05) is 45.2 Å². The predicted molar refractivity (Wildman–Crippen MR) is 116 cm³/mol. The Labute approximate surface area is 188 Å². The maximum Gasteiger partial charge on any atom is 0.410 e. The maximum atomic E-state index is 14.8. The zero-order chi connectivity index (χ0) is 23.4. The number of carbonyl (C=O) groups is 2. The van der Waals surface area contributed by atoms with Gasteiger partial charge in [-0.3, -0.25) is 4.90 Å². The molecule has 0 aliphatic carbocycles. The fraction of sp³-hybridized carbons (Fsp3) is 0.652. The van der Waals surface area contributed by atoms with Crippen LogP contribution in [0, 0.1) is 5.92 Å². The minimum Gasteiger partial charge on any atom is -0.445 e. The van der Waals surface area contributed by atoms with E-state index in [0.29, 0.717) is 26.2 Å². The van der Waals surface area contributed by atoms with E-state index in [2.05, 4.69) is 0 Å². The van der Waals surface area contributed by atoms with Gasteiger partial charge < -0.3 is 19.3 Å². The van der Waals surface area contributed by atoms with Crippen molar-refractivity contribution in [2.75, 3.05) is 45.8 Å². The van der Waals surface area contributed by atoms with Crippen molar-refractivity contribution >= 4 is 12.2 Å². The molecule has 7 nitrogen and oxygen atoms in total. The van der Waals surface area contributed by atoms with Crippen molar-refractivity contribution in [2.24, 2.45) is 5.92 Å². The molecule has 1 aromatic carbocycles. The first-order chi connectivity index (χ1) is 15.0. The molecule has 9 heteroatoms. The molecule has 0 N–H and O–H groups in total. The highest BCUT2D eigenvalue weighted by Crippen LogP contribution is 2.34. The molecule has 32 heavy (non-hydrogen) atoms. The van der Waals surface area contributed by atoms with Crippen LogP contribution in [0.4, 0.5) is 18.4 Å². The van der Waals surface area contributed by atoms with Crippen LogP contribution >= 0.6 is 0 Å². The van der Waals surface area contributed by atoms with Crippen molar-refractivity contribution in [1.82, 2.24) is 14.7 Å². The number of halogens is 2. The third-order valence-electron chi connectivity index (χ3n) is 5.71. The zero-order valence-electron chi connectivity index (χ0n) is 19.1. The van der Waals surface area contributed by atoms with Gasteiger partial charge >= 0.3 is 12.2 Å². The second kappa shape index (κ2) is 10.0. The number of carbonyl (C=O) groups excluding carboxylic acids is 2. The van der Waals surface area contributed by atoms with Crippen molar-refractivity contribution in [1.29, 1.82) is 0 Å². The van der Waals surface area contributed by atoms with Crippen LogP contribution in [0.5, 0.6) is 0 Å². The number of alkyl halides is 2. The summed E-state index contributed by atoms with van der Waals surface area (Å²) in [7, 11) is 0. The lowest BCUT2D eigenvalue weighted by Gasteiger charge is -2.42. The highest BCUT2D eigenvalue weighted by Gasteiger charge is 2.47. The third kappa shape index (κ3) is 6.79. The topological polar surface area (TPSA) is 62.3 Å². The van der Waals surface area contributed by atoms with Crippen molar-refractivity contribution in [3.63, 3.8) is 0 Å². The van der Waals surface area contributed by atoms with Gasteiger partial charge in [-0.05, 0) is 32.8 Å². The minimum atomic E-state index is -2.99. The number of benzene rings is 1. The van der Waals surface area contributed by atoms with Gasteiger partial charge in [0.1, 0.15) is 12.2 Å². The number of likely N-dealkylation sites (tertiary alicyclic amines) is 1. The van der Waals surface area contributed by atoms with Crippen LogP contribution in [0.1, 0.15) is 32.8 Å². The summed E-state index contributed by atoms with van der Waals surface area (Å²) in [5, 5.41) is 0. The van der Waals surface area contributed by atoms with E-state index in [1.54, 1.807) is 25.7 Å². The molecule has 178 valence electrons. The lowest BCUT2D eigenvalue weighted by atomic mass is 9.92. The zero-order valence-corrected chi connectivity index (χ0v) is 19.1. The average molecular weight is 454 g/mol. The van der Waals surface area contributed by atoms with Crippen molar-refractivity contribution < 1.29 is 27.8 Å². The molecule has 1 unspecified atom stereocenters. The minimum absolute atomic E-state index is 0.211. The van der Waals surface area contributed by atoms with Gasteiger partial charge in [-0.15, -0.1) is 0 Å². The molecule has 2 heterocycles. The largest absolute Gasteiger partial charge is 0.445 e. The Morgan fingerprint density at radius 2 is 1.66 bits per heavy atom. The summed E-state index contributed by atoms with van der Waals surface area (Å²) in [6.07, 6.45) is -0.867. The van der Waals surface area contributed by atoms with E-state index in [0.717, 1.165) is 10.5 Å². The lowest BCUT2D eigenvalue weighted by Crippen LogP contribution is -2.56. The number of nitrogens with zero attached hydrogens (tertiary/aromatic N) is 3. The third-order valence-corrected chi connectivity index (χ3v) is 5.71. The molecule has 0 radical (unpaired) electrons. The van der Waals surface area contributed by atoms with Crippen molar-refractivity contribution in [3.05, 3.63) is 35.9 Å². The van der Waals surface area contributed by atoms with Gasteiger partial charge in [0.2, 0.25) is 0 Å². The number of amides is 2. The van der Waals surface area contributed by atoms with E-state index in [1.807, 2.05) is 35.2 Å². The number of ether oxygens (including phenoxy) is 2. The molecule has 2 aliphatic rings. The highest BCUT2D eigenvalue weighted by molar-refractivity contribution is 5.68. The highest BCUT2D eigenvalue weighted by atomic mass is 19.3. The quantitative estimate of drug-likeness (QED) is 0.693. The van der Waals surface area contributed by atoms with Crippen LogP contribution in [0.25, 0.3) is 0 Å². The molecule has 3 rings (SSSR count). The fourth-order valence-corrected chi connectivity index (χ4v) is 3.93. The summed E-state index contributed by atoms with van der Waals surface area (Å²) < 4.78 is 40.1. The van der Waals surface area contributed by atoms with Gasteiger partial charge in [0.05, 0.1) is 6.54 Å². The number of hydrogen-bond acceptors (Lipinski definition) is 5. The SMILES string of the molecule is CC(C)(C)OC(=O)N1CCC(CN2CCN(C(=O)OCc3ccccc3)CC2)C(F)(F)C1. The molecule has 0 saturated carbocycles. The van der Waals surface area contributed by atoms with E-state index in [9.17, 15) is 18.4 Å². The van der Waals surface area contributed by atoms with Crippen LogP contribution in [-0.2, 0) is 16.1 Å². The Hall–Kier alpha value is -2.42. The Morgan fingerprint density at radius 1 is 1.00 bits per heavy atom. The van der Waals surface area contributed by atoms with E-state index >= 15 is 0 Å². The van der Waals surface area contributed by atoms with Gasteiger partial charge in [-0.2, -0.15) is 0 Å². The van der Waals surface area contributed by atoms with Crippen LogP contribution in [0.3, 0.4) is 0 Å². The van der Waals surface area contributed by atoms with E-state index in [-0.39, 0.29) is 32.2 Å². The summed E-state index contributed by atoms with van der Waals surface area (Å²) in [4.78, 5) is 29.1. The molecule has 1 aromatic rings. The Morgan fingerprint density at radius 3 is 2.25 bits per heavy atom. The van der Waals surface area contributed by atoms with E-state index in [4.69, 9.17) is 9.47 Å². The molecule has 2 amide bonds. The number of rotatable bonds is 4. The molecule has 2 fully saturated rings. The van der Waals surface area contributed by atoms with Gasteiger partial charge in [-0.1, -0.05) is 30.3 Å². The Bertz CT molecular complexity index is 777. The van der Waals surface area contributed by atoms with Gasteiger partial charge in [0.15, 0.2) is 0 Å². The molecule has 1 atom stereocenters. The molecule has 0 bridgehead atoms. The molecule has 0 aromatic heterocycles. The first-order valence-corrected chi connectivity index (χ1v) is 11.1. The summed E-state index contributed by atoms with van der Waals surface area (Å²) in [6.45, 7) is 7.13. The van der Waals surface area contributed by atoms with Crippen molar-refractivity contribution in [3.8, 4) is 0 Å². The van der Waals surface area contributed by atoms with Crippen LogP contribution in [-0.4, -0.2) is 84.2 Å². The van der Waals surface area contributed by atoms with Crippen LogP contribution in [0.2, 0.25) is 0 Å². The second-order valence-corrected chi connectivity index (χ2v) is 9.48. The Kier molecular flexibility index (Phi) is 7.59. The summed E-state index contributed by atoms with van der Waals surface area (Å²) in [5.41, 5.74) is 0.199. The van der Waals surface area contributed by atoms with Crippen molar-refractivity contribution in [2.45, 2.75) is 45.3 Å². The first-order valence-electron chi connectivity index (χ1n) is 11.1. The smallest absolute Gasteiger partial charge is 0.410 e. The molecular formula is C23H33F2N3O4. The number of piperazine rings is 1. The normalized spacial score (nSPS) is 21.8. The molecule has 2 saturated heterocycles. The second-order valence-electron chi connectivity index (χ2n) is 9.48. The summed E-state index contributed by atoms with van der Waals surface area (Å²) in [6, 6.07) is 9.44. The predicted octanol–water partition coefficient (Wildman–Crippen LogP) is 3.83. The fourth-order valence-electron chi connectivity index (χ4n) is 3.93. The standard InChI is InChI=1S/C23H33F2N3O4/c1-22(2,3)32-21(30)28-10-9-19(23(24,25)17-28)15-26-11-13-27(14-12-26)20(29)31-16-18-7-5-4-6-8-18/h4-8,19H,9-17H2,1-3H3. The molecular weight excluding hydrogens is 420 g/mol. The lowest BCUT2D eigenvalue weighted by molar-refractivity contribution is -0.118.